The van der Waals surface area contributed by atoms with Crippen LogP contribution in [0.5, 0.6) is 0 Å². The van der Waals surface area contributed by atoms with E-state index in [1.807, 2.05) is 0 Å². The van der Waals surface area contributed by atoms with Crippen LogP contribution < -0.4 is 5.73 Å². The number of nitrogens with two attached hydrogens (primary N) is 1. The van der Waals surface area contributed by atoms with Crippen molar-refractivity contribution in [3.63, 3.8) is 0 Å². The monoisotopic (exact) mass is 333 g/mol. The molecule has 0 saturated heterocycles. The summed E-state index contributed by atoms with van der Waals surface area (Å²) in [6.07, 6.45) is 3.01. The minimum atomic E-state index is -0.605. The molecule has 0 aromatic heterocycles. The van der Waals surface area contributed by atoms with Gasteiger partial charge in [0.05, 0.1) is 5.02 Å². The Labute approximate surface area is 121 Å². The third kappa shape index (κ3) is 2.21. The molecule has 0 bridgehead atoms. The molecule has 4 heteroatoms. The lowest BCUT2D eigenvalue weighted by Gasteiger charge is -2.43. The van der Waals surface area contributed by atoms with Gasteiger partial charge in [0, 0.05) is 15.6 Å². The molecule has 0 spiro atoms. The zero-order chi connectivity index (χ0) is 13.5. The van der Waals surface area contributed by atoms with Crippen LogP contribution in [0.2, 0.25) is 5.02 Å². The van der Waals surface area contributed by atoms with Crippen LogP contribution in [0.1, 0.15) is 38.7 Å². The van der Waals surface area contributed by atoms with E-state index in [1.54, 1.807) is 12.1 Å². The molecule has 0 amide bonds. The topological polar surface area (TPSA) is 26.0 Å². The van der Waals surface area contributed by atoms with E-state index < -0.39 is 5.54 Å². The maximum absolute atomic E-state index is 14.4. The predicted octanol–water partition coefficient (Wildman–Crippen LogP) is 4.85. The van der Waals surface area contributed by atoms with Crippen molar-refractivity contribution in [3.8, 4) is 0 Å². The van der Waals surface area contributed by atoms with Crippen LogP contribution in [0, 0.1) is 17.7 Å². The molecule has 1 fully saturated rings. The smallest absolute Gasteiger partial charge is 0.147 e. The highest BCUT2D eigenvalue weighted by molar-refractivity contribution is 9.10. The molecule has 2 rings (SSSR count). The number of hydrogen-bond acceptors (Lipinski definition) is 1. The van der Waals surface area contributed by atoms with Crippen LogP contribution in [0.25, 0.3) is 0 Å². The van der Waals surface area contributed by atoms with E-state index in [0.717, 1.165) is 19.3 Å². The first-order valence-corrected chi connectivity index (χ1v) is 7.48. The highest BCUT2D eigenvalue weighted by Crippen LogP contribution is 2.44. The van der Waals surface area contributed by atoms with Crippen molar-refractivity contribution in [3.05, 3.63) is 33.0 Å². The summed E-state index contributed by atoms with van der Waals surface area (Å²) < 4.78 is 14.9. The molecule has 18 heavy (non-hydrogen) atoms. The van der Waals surface area contributed by atoms with Gasteiger partial charge in [0.15, 0.2) is 0 Å². The van der Waals surface area contributed by atoms with Crippen LogP contribution in [-0.4, -0.2) is 0 Å². The summed E-state index contributed by atoms with van der Waals surface area (Å²) in [5, 5.41) is 0.128. The molecule has 1 aliphatic carbocycles. The Hall–Kier alpha value is -0.120. The Balaban J connectivity index is 2.50. The third-order valence-corrected chi connectivity index (χ3v) is 5.71. The zero-order valence-corrected chi connectivity index (χ0v) is 13.0. The van der Waals surface area contributed by atoms with Crippen molar-refractivity contribution < 1.29 is 4.39 Å². The molecule has 3 unspecified atom stereocenters. The second kappa shape index (κ2) is 5.10. The van der Waals surface area contributed by atoms with Crippen molar-refractivity contribution in [2.45, 2.75) is 38.6 Å². The molecule has 1 saturated carbocycles. The Morgan fingerprint density at radius 1 is 1.44 bits per heavy atom. The molecular weight excluding hydrogens is 317 g/mol. The summed E-state index contributed by atoms with van der Waals surface area (Å²) in [6.45, 7) is 4.29. The first-order valence-electron chi connectivity index (χ1n) is 6.30. The lowest BCUT2D eigenvalue weighted by molar-refractivity contribution is 0.140. The van der Waals surface area contributed by atoms with Crippen LogP contribution in [-0.2, 0) is 5.54 Å². The van der Waals surface area contributed by atoms with Gasteiger partial charge in [-0.15, -0.1) is 0 Å². The Morgan fingerprint density at radius 3 is 2.78 bits per heavy atom. The van der Waals surface area contributed by atoms with E-state index >= 15 is 0 Å². The average molecular weight is 335 g/mol. The van der Waals surface area contributed by atoms with E-state index in [9.17, 15) is 4.39 Å². The van der Waals surface area contributed by atoms with Gasteiger partial charge in [-0.05, 0) is 40.3 Å². The summed E-state index contributed by atoms with van der Waals surface area (Å²) in [4.78, 5) is 0. The number of rotatable bonds is 1. The maximum Gasteiger partial charge on any atom is 0.147 e. The van der Waals surface area contributed by atoms with Gasteiger partial charge < -0.3 is 5.73 Å². The molecule has 1 aliphatic rings. The number of halogens is 3. The van der Waals surface area contributed by atoms with E-state index in [0.29, 0.717) is 16.0 Å². The van der Waals surface area contributed by atoms with Crippen molar-refractivity contribution in [2.75, 3.05) is 0 Å². The average Bonchev–Trinajstić information content (AvgIpc) is 2.33. The third-order valence-electron chi connectivity index (χ3n) is 4.45. The fourth-order valence-corrected chi connectivity index (χ4v) is 3.44. The van der Waals surface area contributed by atoms with Crippen molar-refractivity contribution >= 4 is 27.5 Å². The van der Waals surface area contributed by atoms with Gasteiger partial charge in [0.25, 0.3) is 0 Å². The Bertz CT molecular complexity index is 465. The highest BCUT2D eigenvalue weighted by atomic mass is 79.9. The lowest BCUT2D eigenvalue weighted by atomic mass is 9.66. The van der Waals surface area contributed by atoms with Crippen LogP contribution in [0.3, 0.4) is 0 Å². The molecule has 3 atom stereocenters. The minimum absolute atomic E-state index is 0.128. The largest absolute Gasteiger partial charge is 0.321 e. The second-order valence-corrected chi connectivity index (χ2v) is 6.65. The van der Waals surface area contributed by atoms with Crippen molar-refractivity contribution in [1.29, 1.82) is 0 Å². The van der Waals surface area contributed by atoms with Gasteiger partial charge in [-0.1, -0.05) is 44.4 Å². The molecule has 100 valence electrons. The summed E-state index contributed by atoms with van der Waals surface area (Å²) in [7, 11) is 0. The molecule has 0 radical (unpaired) electrons. The molecule has 1 aromatic rings. The van der Waals surface area contributed by atoms with Gasteiger partial charge in [0.2, 0.25) is 0 Å². The molecule has 1 nitrogen and oxygen atoms in total. The van der Waals surface area contributed by atoms with Crippen molar-refractivity contribution in [1.82, 2.24) is 0 Å². The summed E-state index contributed by atoms with van der Waals surface area (Å²) in [5.41, 5.74) is 6.47. The summed E-state index contributed by atoms with van der Waals surface area (Å²) in [6, 6.07) is 3.54. The van der Waals surface area contributed by atoms with Crippen molar-refractivity contribution in [2.24, 2.45) is 17.6 Å². The molecule has 0 heterocycles. The first kappa shape index (κ1) is 14.3. The summed E-state index contributed by atoms with van der Waals surface area (Å²) in [5.74, 6) is 0.373. The van der Waals surface area contributed by atoms with Gasteiger partial charge in [0.1, 0.15) is 5.82 Å². The second-order valence-electron chi connectivity index (χ2n) is 5.42. The molecule has 1 aromatic carbocycles. The zero-order valence-electron chi connectivity index (χ0n) is 10.6. The highest BCUT2D eigenvalue weighted by Gasteiger charge is 2.41. The Morgan fingerprint density at radius 2 is 2.11 bits per heavy atom. The predicted molar refractivity (Wildman–Crippen MR) is 77.2 cm³/mol. The maximum atomic E-state index is 14.4. The Kier molecular flexibility index (Phi) is 4.05. The molecular formula is C14H18BrClFN. The van der Waals surface area contributed by atoms with Gasteiger partial charge in [-0.3, -0.25) is 0 Å². The molecule has 2 N–H and O–H groups in total. The van der Waals surface area contributed by atoms with E-state index in [4.69, 9.17) is 17.3 Å². The van der Waals surface area contributed by atoms with Crippen LogP contribution in [0.4, 0.5) is 4.39 Å². The van der Waals surface area contributed by atoms with Gasteiger partial charge >= 0.3 is 0 Å². The van der Waals surface area contributed by atoms with Gasteiger partial charge in [-0.25, -0.2) is 4.39 Å². The van der Waals surface area contributed by atoms with Gasteiger partial charge in [-0.2, -0.15) is 0 Å². The number of hydrogen-bond donors (Lipinski definition) is 1. The standard InChI is InChI=1S/C14H18BrClFN/c1-8-4-3-7-14(18,9(8)2)10-5-6-11(15)12(16)13(10)17/h5-6,8-9H,3-4,7,18H2,1-2H3. The quantitative estimate of drug-likeness (QED) is 0.730. The SMILES string of the molecule is CC1CCCC(N)(c2ccc(Br)c(Cl)c2F)C1C. The molecule has 0 aliphatic heterocycles. The first-order chi connectivity index (χ1) is 8.38. The van der Waals surface area contributed by atoms with E-state index in [-0.39, 0.29) is 16.8 Å². The normalized spacial score (nSPS) is 32.6. The lowest BCUT2D eigenvalue weighted by Crippen LogP contribution is -2.48. The number of benzene rings is 1. The minimum Gasteiger partial charge on any atom is -0.321 e. The van der Waals surface area contributed by atoms with E-state index in [1.165, 1.54) is 0 Å². The fourth-order valence-electron chi connectivity index (χ4n) is 2.97. The van der Waals surface area contributed by atoms with Crippen LogP contribution in [0.15, 0.2) is 16.6 Å². The fraction of sp³-hybridized carbons (Fsp3) is 0.571. The van der Waals surface area contributed by atoms with E-state index in [2.05, 4.69) is 29.8 Å². The van der Waals surface area contributed by atoms with Crippen LogP contribution >= 0.6 is 27.5 Å². The summed E-state index contributed by atoms with van der Waals surface area (Å²) >= 11 is 9.21.